The molecule has 0 bridgehead atoms. The van der Waals surface area contributed by atoms with E-state index in [1.807, 2.05) is 0 Å². The molecule has 27 heavy (non-hydrogen) atoms. The lowest BCUT2D eigenvalue weighted by Crippen LogP contribution is -2.21. The molecule has 0 amide bonds. The fourth-order valence-corrected chi connectivity index (χ4v) is 2.52. The van der Waals surface area contributed by atoms with Gasteiger partial charge in [0.1, 0.15) is 11.6 Å². The van der Waals surface area contributed by atoms with Gasteiger partial charge in [-0.1, -0.05) is 0 Å². The van der Waals surface area contributed by atoms with Crippen LogP contribution in [0.4, 0.5) is 4.39 Å². The summed E-state index contributed by atoms with van der Waals surface area (Å²) in [5, 5.41) is 0. The van der Waals surface area contributed by atoms with Gasteiger partial charge in [0.15, 0.2) is 13.2 Å². The van der Waals surface area contributed by atoms with E-state index in [0.717, 1.165) is 0 Å². The number of ketones is 1. The third kappa shape index (κ3) is 5.16. The molecule has 0 aliphatic carbocycles. The molecular formula is C19H20FNO6. The third-order valence-corrected chi connectivity index (χ3v) is 3.67. The highest BCUT2D eigenvalue weighted by atomic mass is 19.1. The Kier molecular flexibility index (Phi) is 6.70. The highest BCUT2D eigenvalue weighted by Gasteiger charge is 2.26. The lowest BCUT2D eigenvalue weighted by Gasteiger charge is -2.08. The number of carbonyl (C=O) groups excluding carboxylic acids is 3. The van der Waals surface area contributed by atoms with Gasteiger partial charge >= 0.3 is 11.9 Å². The fraction of sp³-hybridized carbons (Fsp3) is 0.316. The Morgan fingerprint density at radius 2 is 1.59 bits per heavy atom. The Bertz CT molecular complexity index is 841. The normalized spacial score (nSPS) is 10.4. The maximum absolute atomic E-state index is 12.8. The molecule has 1 N–H and O–H groups in total. The quantitative estimate of drug-likeness (QED) is 0.561. The molecule has 2 rings (SSSR count). The Hall–Kier alpha value is -3.16. The van der Waals surface area contributed by atoms with Gasteiger partial charge in [0.05, 0.1) is 17.7 Å². The van der Waals surface area contributed by atoms with Gasteiger partial charge in [0.25, 0.3) is 0 Å². The van der Waals surface area contributed by atoms with Gasteiger partial charge in [0.2, 0.25) is 5.78 Å². The molecule has 0 saturated carbocycles. The number of esters is 2. The monoisotopic (exact) mass is 377 g/mol. The molecule has 8 heteroatoms. The molecule has 7 nitrogen and oxygen atoms in total. The topological polar surface area (TPSA) is 94.7 Å². The summed E-state index contributed by atoms with van der Waals surface area (Å²) in [7, 11) is 0. The summed E-state index contributed by atoms with van der Waals surface area (Å²) in [6.45, 7) is 4.15. The zero-order valence-electron chi connectivity index (χ0n) is 15.3. The second-order valence-electron chi connectivity index (χ2n) is 5.67. The molecule has 1 aromatic carbocycles. The summed E-state index contributed by atoms with van der Waals surface area (Å²) in [4.78, 5) is 39.2. The molecule has 2 aromatic rings. The smallest absolute Gasteiger partial charge is 0.344 e. The molecule has 0 unspecified atom stereocenters. The van der Waals surface area contributed by atoms with Crippen LogP contribution in [0.25, 0.3) is 0 Å². The zero-order chi connectivity index (χ0) is 20.0. The number of benzene rings is 1. The lowest BCUT2D eigenvalue weighted by atomic mass is 10.1. The summed E-state index contributed by atoms with van der Waals surface area (Å²) in [6.07, 6.45) is 0. The van der Waals surface area contributed by atoms with E-state index in [-0.39, 0.29) is 17.7 Å². The number of Topliss-reactive ketones (excluding diaryl/α,β-unsaturated/α-hetero) is 1. The number of hydrogen-bond acceptors (Lipinski definition) is 6. The van der Waals surface area contributed by atoms with Crippen molar-refractivity contribution in [2.75, 3.05) is 19.8 Å². The fourth-order valence-electron chi connectivity index (χ4n) is 2.52. The van der Waals surface area contributed by atoms with Crippen molar-refractivity contribution in [3.8, 4) is 5.75 Å². The van der Waals surface area contributed by atoms with Crippen molar-refractivity contribution in [3.63, 3.8) is 0 Å². The lowest BCUT2D eigenvalue weighted by molar-refractivity contribution is -0.144. The number of ether oxygens (including phenoxy) is 3. The Labute approximate surface area is 155 Å². The summed E-state index contributed by atoms with van der Waals surface area (Å²) in [6, 6.07) is 5.12. The number of hydrogen-bond donors (Lipinski definition) is 1. The van der Waals surface area contributed by atoms with E-state index in [1.165, 1.54) is 24.3 Å². The van der Waals surface area contributed by atoms with Crippen molar-refractivity contribution in [3.05, 3.63) is 52.6 Å². The summed E-state index contributed by atoms with van der Waals surface area (Å²) < 4.78 is 27.8. The van der Waals surface area contributed by atoms with E-state index in [2.05, 4.69) is 4.98 Å². The Morgan fingerprint density at radius 3 is 2.22 bits per heavy atom. The first-order valence-electron chi connectivity index (χ1n) is 8.27. The number of rotatable bonds is 8. The van der Waals surface area contributed by atoms with Gasteiger partial charge in [-0.05, 0) is 45.0 Å². The number of aromatic amines is 1. The van der Waals surface area contributed by atoms with Crippen molar-refractivity contribution < 1.29 is 33.0 Å². The van der Waals surface area contributed by atoms with Crippen molar-refractivity contribution >= 4 is 17.7 Å². The molecule has 0 aliphatic heterocycles. The Morgan fingerprint density at radius 1 is 0.963 bits per heavy atom. The molecule has 0 spiro atoms. The highest BCUT2D eigenvalue weighted by molar-refractivity contribution is 6.09. The molecule has 0 fully saturated rings. The number of aromatic nitrogens is 1. The first-order valence-corrected chi connectivity index (χ1v) is 8.27. The second kappa shape index (κ2) is 8.98. The summed E-state index contributed by atoms with van der Waals surface area (Å²) >= 11 is 0. The maximum atomic E-state index is 12.8. The minimum atomic E-state index is -0.768. The van der Waals surface area contributed by atoms with Crippen LogP contribution >= 0.6 is 0 Å². The average molecular weight is 377 g/mol. The summed E-state index contributed by atoms with van der Waals surface area (Å²) in [5.41, 5.74) is 1.26. The molecule has 1 aromatic heterocycles. The zero-order valence-corrected chi connectivity index (χ0v) is 15.3. The van der Waals surface area contributed by atoms with Crippen LogP contribution < -0.4 is 4.74 Å². The SMILES string of the molecule is CCOC(=O)c1c(C)[nH]c(C)c1C(=O)COC(=O)COc1ccc(F)cc1. The van der Waals surface area contributed by atoms with Crippen LogP contribution in [0, 0.1) is 19.7 Å². The minimum Gasteiger partial charge on any atom is -0.482 e. The van der Waals surface area contributed by atoms with E-state index < -0.39 is 36.8 Å². The predicted molar refractivity (Wildman–Crippen MR) is 93.4 cm³/mol. The molecule has 0 radical (unpaired) electrons. The number of nitrogens with one attached hydrogen (secondary N) is 1. The molecule has 144 valence electrons. The molecular weight excluding hydrogens is 357 g/mol. The first kappa shape index (κ1) is 20.2. The molecule has 0 aliphatic rings. The molecule has 1 heterocycles. The van der Waals surface area contributed by atoms with Crippen LogP contribution in [0.5, 0.6) is 5.75 Å². The maximum Gasteiger partial charge on any atom is 0.344 e. The standard InChI is InChI=1S/C19H20FNO6/c1-4-25-19(24)18-12(3)21-11(2)17(18)15(22)9-27-16(23)10-26-14-7-5-13(20)6-8-14/h5-8,21H,4,9-10H2,1-3H3. The van der Waals surface area contributed by atoms with Gasteiger partial charge in [-0.3, -0.25) is 4.79 Å². The van der Waals surface area contributed by atoms with E-state index in [0.29, 0.717) is 17.1 Å². The number of halogens is 1. The third-order valence-electron chi connectivity index (χ3n) is 3.67. The molecule has 0 saturated heterocycles. The van der Waals surface area contributed by atoms with Gasteiger partial charge in [0, 0.05) is 11.4 Å². The minimum absolute atomic E-state index is 0.137. The van der Waals surface area contributed by atoms with E-state index in [1.54, 1.807) is 20.8 Å². The van der Waals surface area contributed by atoms with Gasteiger partial charge < -0.3 is 19.2 Å². The number of carbonyl (C=O) groups is 3. The van der Waals surface area contributed by atoms with E-state index in [4.69, 9.17) is 14.2 Å². The van der Waals surface area contributed by atoms with Crippen molar-refractivity contribution in [1.29, 1.82) is 0 Å². The summed E-state index contributed by atoms with van der Waals surface area (Å²) in [5.74, 6) is -2.05. The van der Waals surface area contributed by atoms with Gasteiger partial charge in [-0.25, -0.2) is 14.0 Å². The number of aryl methyl sites for hydroxylation is 2. The predicted octanol–water partition coefficient (Wildman–Crippen LogP) is 2.75. The number of H-pyrrole nitrogens is 1. The van der Waals surface area contributed by atoms with E-state index in [9.17, 15) is 18.8 Å². The Balaban J connectivity index is 1.96. The second-order valence-corrected chi connectivity index (χ2v) is 5.67. The van der Waals surface area contributed by atoms with Crippen LogP contribution in [0.3, 0.4) is 0 Å². The first-order chi connectivity index (χ1) is 12.8. The highest BCUT2D eigenvalue weighted by Crippen LogP contribution is 2.20. The average Bonchev–Trinajstić information content (AvgIpc) is 2.93. The van der Waals surface area contributed by atoms with Crippen molar-refractivity contribution in [2.24, 2.45) is 0 Å². The van der Waals surface area contributed by atoms with Crippen LogP contribution in [0.2, 0.25) is 0 Å². The van der Waals surface area contributed by atoms with Gasteiger partial charge in [-0.2, -0.15) is 0 Å². The van der Waals surface area contributed by atoms with Crippen LogP contribution in [-0.2, 0) is 14.3 Å². The van der Waals surface area contributed by atoms with Crippen LogP contribution in [0.1, 0.15) is 39.0 Å². The van der Waals surface area contributed by atoms with Crippen LogP contribution in [0.15, 0.2) is 24.3 Å². The van der Waals surface area contributed by atoms with Gasteiger partial charge in [-0.15, -0.1) is 0 Å². The molecule has 0 atom stereocenters. The van der Waals surface area contributed by atoms with Crippen molar-refractivity contribution in [1.82, 2.24) is 4.98 Å². The largest absolute Gasteiger partial charge is 0.482 e. The van der Waals surface area contributed by atoms with Crippen molar-refractivity contribution in [2.45, 2.75) is 20.8 Å². The van der Waals surface area contributed by atoms with Crippen LogP contribution in [-0.4, -0.2) is 42.5 Å². The van der Waals surface area contributed by atoms with E-state index >= 15 is 0 Å².